The molecule has 1 aromatic heterocycles. The number of nitrogens with one attached hydrogen (secondary N) is 2. The standard InChI is InChI=1S/C12H21N5O3S/c1-3-6-13-10-15-11(17-12(16-10)20-2)14-9-5-4-7-21(18,19)8-9/h9H,3-8H2,1-2H3,(H2,13,14,15,16,17). The largest absolute Gasteiger partial charge is 0.467 e. The number of sulfone groups is 1. The van der Waals surface area contributed by atoms with Gasteiger partial charge in [-0.05, 0) is 19.3 Å². The molecule has 1 aliphatic rings. The Morgan fingerprint density at radius 2 is 2.05 bits per heavy atom. The normalized spacial score (nSPS) is 20.8. The van der Waals surface area contributed by atoms with Crippen molar-refractivity contribution >= 4 is 21.7 Å². The molecule has 21 heavy (non-hydrogen) atoms. The summed E-state index contributed by atoms with van der Waals surface area (Å²) in [5.41, 5.74) is 0. The van der Waals surface area contributed by atoms with Crippen LogP contribution in [0.5, 0.6) is 6.01 Å². The number of aromatic nitrogens is 3. The molecule has 0 radical (unpaired) electrons. The predicted octanol–water partition coefficient (Wildman–Crippen LogP) is 0.691. The third-order valence-corrected chi connectivity index (χ3v) is 4.95. The molecule has 0 bridgehead atoms. The first-order valence-electron chi connectivity index (χ1n) is 7.03. The van der Waals surface area contributed by atoms with E-state index in [2.05, 4.69) is 25.6 Å². The van der Waals surface area contributed by atoms with E-state index in [1.165, 1.54) is 7.11 Å². The van der Waals surface area contributed by atoms with Gasteiger partial charge in [-0.1, -0.05) is 6.92 Å². The van der Waals surface area contributed by atoms with E-state index < -0.39 is 9.84 Å². The second-order valence-corrected chi connectivity index (χ2v) is 7.22. The third kappa shape index (κ3) is 4.69. The lowest BCUT2D eigenvalue weighted by molar-refractivity contribution is 0.379. The lowest BCUT2D eigenvalue weighted by Crippen LogP contribution is -2.35. The molecule has 0 aliphatic carbocycles. The zero-order chi connectivity index (χ0) is 15.3. The van der Waals surface area contributed by atoms with Crippen LogP contribution in [-0.4, -0.2) is 54.6 Å². The molecule has 0 spiro atoms. The molecule has 118 valence electrons. The summed E-state index contributed by atoms with van der Waals surface area (Å²) in [6.45, 7) is 2.78. The molecule has 1 aromatic rings. The van der Waals surface area contributed by atoms with Crippen LogP contribution < -0.4 is 15.4 Å². The summed E-state index contributed by atoms with van der Waals surface area (Å²) < 4.78 is 28.3. The van der Waals surface area contributed by atoms with Crippen molar-refractivity contribution in [1.82, 2.24) is 15.0 Å². The number of rotatable bonds is 6. The minimum absolute atomic E-state index is 0.110. The molecule has 1 fully saturated rings. The molecule has 2 rings (SSSR count). The summed E-state index contributed by atoms with van der Waals surface area (Å²) in [6, 6.07) is 0.0275. The van der Waals surface area contributed by atoms with Crippen LogP contribution in [0.15, 0.2) is 0 Å². The van der Waals surface area contributed by atoms with Gasteiger partial charge >= 0.3 is 6.01 Å². The maximum absolute atomic E-state index is 11.7. The molecule has 0 amide bonds. The quantitative estimate of drug-likeness (QED) is 0.790. The van der Waals surface area contributed by atoms with Crippen molar-refractivity contribution in [2.45, 2.75) is 32.2 Å². The van der Waals surface area contributed by atoms with E-state index in [1.54, 1.807) is 0 Å². The lowest BCUT2D eigenvalue weighted by Gasteiger charge is -2.23. The van der Waals surface area contributed by atoms with Crippen molar-refractivity contribution in [1.29, 1.82) is 0 Å². The number of methoxy groups -OCH3 is 1. The Bertz CT molecular complexity index is 578. The fraction of sp³-hybridized carbons (Fsp3) is 0.750. The van der Waals surface area contributed by atoms with Gasteiger partial charge in [0, 0.05) is 12.6 Å². The molecule has 2 N–H and O–H groups in total. The van der Waals surface area contributed by atoms with Crippen molar-refractivity contribution in [3.63, 3.8) is 0 Å². The van der Waals surface area contributed by atoms with E-state index in [0.717, 1.165) is 19.4 Å². The van der Waals surface area contributed by atoms with Gasteiger partial charge in [-0.2, -0.15) is 15.0 Å². The third-order valence-electron chi connectivity index (χ3n) is 3.13. The van der Waals surface area contributed by atoms with Gasteiger partial charge in [0.2, 0.25) is 11.9 Å². The number of ether oxygens (including phenoxy) is 1. The highest BCUT2D eigenvalue weighted by Gasteiger charge is 2.25. The Hall–Kier alpha value is -1.64. The summed E-state index contributed by atoms with van der Waals surface area (Å²) in [7, 11) is -1.49. The Labute approximate surface area is 124 Å². The van der Waals surface area contributed by atoms with Gasteiger partial charge in [-0.3, -0.25) is 0 Å². The summed E-state index contributed by atoms with van der Waals surface area (Å²) in [4.78, 5) is 12.5. The van der Waals surface area contributed by atoms with Gasteiger partial charge in [-0.15, -0.1) is 0 Å². The zero-order valence-corrected chi connectivity index (χ0v) is 13.1. The number of nitrogens with zero attached hydrogens (tertiary/aromatic N) is 3. The van der Waals surface area contributed by atoms with Gasteiger partial charge in [0.15, 0.2) is 9.84 Å². The lowest BCUT2D eigenvalue weighted by atomic mass is 10.2. The van der Waals surface area contributed by atoms with E-state index in [4.69, 9.17) is 4.74 Å². The predicted molar refractivity (Wildman–Crippen MR) is 80.5 cm³/mol. The fourth-order valence-corrected chi connectivity index (χ4v) is 3.78. The Kier molecular flexibility index (Phi) is 5.16. The van der Waals surface area contributed by atoms with Crippen molar-refractivity contribution in [2.24, 2.45) is 0 Å². The first-order valence-corrected chi connectivity index (χ1v) is 8.85. The molecule has 1 aliphatic heterocycles. The number of hydrogen-bond acceptors (Lipinski definition) is 8. The van der Waals surface area contributed by atoms with Gasteiger partial charge < -0.3 is 15.4 Å². The SMILES string of the molecule is CCCNc1nc(NC2CCCS(=O)(=O)C2)nc(OC)n1. The van der Waals surface area contributed by atoms with Gasteiger partial charge in [0.1, 0.15) is 0 Å². The Morgan fingerprint density at radius 3 is 2.71 bits per heavy atom. The Morgan fingerprint density at radius 1 is 1.29 bits per heavy atom. The number of hydrogen-bond donors (Lipinski definition) is 2. The summed E-state index contributed by atoms with van der Waals surface area (Å²) in [6.07, 6.45) is 2.38. The van der Waals surface area contributed by atoms with Gasteiger partial charge in [0.25, 0.3) is 0 Å². The molecular formula is C12H21N5O3S. The molecule has 0 aromatic carbocycles. The van der Waals surface area contributed by atoms with Gasteiger partial charge in [-0.25, -0.2) is 8.42 Å². The number of anilines is 2. The second kappa shape index (κ2) is 6.88. The molecular weight excluding hydrogens is 294 g/mol. The van der Waals surface area contributed by atoms with E-state index in [1.807, 2.05) is 6.92 Å². The maximum atomic E-state index is 11.7. The first kappa shape index (κ1) is 15.7. The molecule has 2 heterocycles. The van der Waals surface area contributed by atoms with Crippen molar-refractivity contribution < 1.29 is 13.2 Å². The monoisotopic (exact) mass is 315 g/mol. The van der Waals surface area contributed by atoms with E-state index in [9.17, 15) is 8.42 Å². The smallest absolute Gasteiger partial charge is 0.322 e. The first-order chi connectivity index (χ1) is 10.0. The van der Waals surface area contributed by atoms with Crippen LogP contribution in [0.3, 0.4) is 0 Å². The Balaban J connectivity index is 2.11. The summed E-state index contributed by atoms with van der Waals surface area (Å²) in [5.74, 6) is 1.13. The van der Waals surface area contributed by atoms with Crippen molar-refractivity contribution in [3.05, 3.63) is 0 Å². The van der Waals surface area contributed by atoms with Crippen LogP contribution >= 0.6 is 0 Å². The fourth-order valence-electron chi connectivity index (χ4n) is 2.15. The maximum Gasteiger partial charge on any atom is 0.322 e. The van der Waals surface area contributed by atoms with Gasteiger partial charge in [0.05, 0.1) is 18.6 Å². The van der Waals surface area contributed by atoms with Crippen LogP contribution in [0.1, 0.15) is 26.2 Å². The highest BCUT2D eigenvalue weighted by atomic mass is 32.2. The minimum atomic E-state index is -2.97. The van der Waals surface area contributed by atoms with Crippen LogP contribution in [0.25, 0.3) is 0 Å². The van der Waals surface area contributed by atoms with E-state index in [0.29, 0.717) is 18.3 Å². The van der Waals surface area contributed by atoms with E-state index in [-0.39, 0.29) is 23.6 Å². The van der Waals surface area contributed by atoms with Crippen LogP contribution in [-0.2, 0) is 9.84 Å². The molecule has 1 saturated heterocycles. The topological polar surface area (TPSA) is 106 Å². The minimum Gasteiger partial charge on any atom is -0.467 e. The average Bonchev–Trinajstić information content (AvgIpc) is 2.43. The highest BCUT2D eigenvalue weighted by Crippen LogP contribution is 2.17. The molecule has 1 atom stereocenters. The van der Waals surface area contributed by atoms with Crippen LogP contribution in [0.2, 0.25) is 0 Å². The molecule has 0 saturated carbocycles. The zero-order valence-electron chi connectivity index (χ0n) is 12.3. The van der Waals surface area contributed by atoms with E-state index >= 15 is 0 Å². The second-order valence-electron chi connectivity index (χ2n) is 4.99. The summed E-state index contributed by atoms with van der Waals surface area (Å²) >= 11 is 0. The van der Waals surface area contributed by atoms with Crippen molar-refractivity contribution in [2.75, 3.05) is 35.8 Å². The average molecular weight is 315 g/mol. The molecule has 8 nitrogen and oxygen atoms in total. The highest BCUT2D eigenvalue weighted by molar-refractivity contribution is 7.91. The van der Waals surface area contributed by atoms with Crippen molar-refractivity contribution in [3.8, 4) is 6.01 Å². The molecule has 9 heteroatoms. The van der Waals surface area contributed by atoms with Crippen LogP contribution in [0.4, 0.5) is 11.9 Å². The summed E-state index contributed by atoms with van der Waals surface area (Å²) in [5, 5.41) is 6.13. The molecule has 1 unspecified atom stereocenters. The van der Waals surface area contributed by atoms with Crippen LogP contribution in [0, 0.1) is 0 Å².